The first kappa shape index (κ1) is 28.1. The highest BCUT2D eigenvalue weighted by atomic mass is 19.4. The first-order valence-electron chi connectivity index (χ1n) is 12.1. The van der Waals surface area contributed by atoms with Gasteiger partial charge in [0.1, 0.15) is 29.9 Å². The highest BCUT2D eigenvalue weighted by molar-refractivity contribution is 5.94. The Morgan fingerprint density at radius 2 is 1.77 bits per heavy atom. The topological polar surface area (TPSA) is 83.9 Å². The largest absolute Gasteiger partial charge is 0.489 e. The molecule has 0 aliphatic heterocycles. The number of nitrogens with two attached hydrogens (primary N) is 1. The summed E-state index contributed by atoms with van der Waals surface area (Å²) in [5, 5.41) is 0.139. The van der Waals surface area contributed by atoms with E-state index in [1.54, 1.807) is 37.3 Å². The number of fused-ring (bicyclic) bond motifs is 1. The lowest BCUT2D eigenvalue weighted by Crippen LogP contribution is -2.21. The van der Waals surface area contributed by atoms with Crippen molar-refractivity contribution in [3.8, 4) is 16.9 Å². The molecule has 0 fully saturated rings. The molecule has 10 heteroatoms. The predicted octanol–water partition coefficient (Wildman–Crippen LogP) is 6.42. The maximum atomic E-state index is 15.2. The number of alkyl halides is 3. The second kappa shape index (κ2) is 11.9. The van der Waals surface area contributed by atoms with Crippen LogP contribution < -0.4 is 10.5 Å². The number of rotatable bonds is 10. The van der Waals surface area contributed by atoms with Crippen LogP contribution in [0.25, 0.3) is 22.1 Å². The number of hydrogen-bond acceptors (Lipinski definition) is 6. The molecule has 0 radical (unpaired) electrons. The summed E-state index contributed by atoms with van der Waals surface area (Å²) in [6.07, 6.45) is -5.20. The molecule has 0 amide bonds. The van der Waals surface area contributed by atoms with E-state index < -0.39 is 29.8 Å². The van der Waals surface area contributed by atoms with Crippen LogP contribution in [-0.4, -0.2) is 25.8 Å². The summed E-state index contributed by atoms with van der Waals surface area (Å²) in [6.45, 7) is 1.82. The Labute approximate surface area is 222 Å². The number of esters is 1. The Kier molecular flexibility index (Phi) is 8.57. The lowest BCUT2D eigenvalue weighted by Gasteiger charge is -2.15. The summed E-state index contributed by atoms with van der Waals surface area (Å²) in [5.74, 6) is -1.91. The van der Waals surface area contributed by atoms with E-state index in [9.17, 15) is 18.0 Å². The Morgan fingerprint density at radius 3 is 2.49 bits per heavy atom. The summed E-state index contributed by atoms with van der Waals surface area (Å²) in [6, 6.07) is 15.3. The molecule has 6 nitrogen and oxygen atoms in total. The number of hydrogen-bond donors (Lipinski definition) is 1. The van der Waals surface area contributed by atoms with Gasteiger partial charge >= 0.3 is 12.1 Å². The number of carbonyl (C=O) groups is 1. The van der Waals surface area contributed by atoms with Crippen LogP contribution in [0.1, 0.15) is 29.4 Å². The molecule has 2 N–H and O–H groups in total. The lowest BCUT2D eigenvalue weighted by molar-refractivity contribution is -0.152. The molecule has 1 heterocycles. The van der Waals surface area contributed by atoms with E-state index in [1.165, 1.54) is 31.4 Å². The Morgan fingerprint density at radius 1 is 1.03 bits per heavy atom. The molecule has 4 rings (SSSR count). The minimum absolute atomic E-state index is 0.0533. The highest BCUT2D eigenvalue weighted by Crippen LogP contribution is 2.39. The van der Waals surface area contributed by atoms with Crippen LogP contribution in [-0.2, 0) is 40.0 Å². The number of furan rings is 1. The Bertz CT molecular complexity index is 1460. The second-order valence-corrected chi connectivity index (χ2v) is 8.98. The van der Waals surface area contributed by atoms with Crippen LogP contribution in [0.2, 0.25) is 0 Å². The van der Waals surface area contributed by atoms with E-state index in [1.807, 2.05) is 0 Å². The third kappa shape index (κ3) is 6.58. The van der Waals surface area contributed by atoms with Crippen LogP contribution in [0.5, 0.6) is 5.75 Å². The van der Waals surface area contributed by atoms with Crippen molar-refractivity contribution in [3.05, 3.63) is 88.9 Å². The van der Waals surface area contributed by atoms with Crippen molar-refractivity contribution in [1.82, 2.24) is 0 Å². The third-order valence-electron chi connectivity index (χ3n) is 5.98. The summed E-state index contributed by atoms with van der Waals surface area (Å²) in [4.78, 5) is 12.4. The number of benzene rings is 3. The highest BCUT2D eigenvalue weighted by Gasteiger charge is 2.35. The van der Waals surface area contributed by atoms with Crippen molar-refractivity contribution in [2.24, 2.45) is 5.73 Å². The van der Waals surface area contributed by atoms with Gasteiger partial charge in [0.05, 0.1) is 13.0 Å². The van der Waals surface area contributed by atoms with Gasteiger partial charge in [0.2, 0.25) is 5.76 Å². The van der Waals surface area contributed by atoms with Gasteiger partial charge in [0, 0.05) is 41.3 Å². The summed E-state index contributed by atoms with van der Waals surface area (Å²) < 4.78 is 76.9. The number of para-hydroxylation sites is 1. The van der Waals surface area contributed by atoms with Crippen LogP contribution in [0.4, 0.5) is 17.6 Å². The number of carbonyl (C=O) groups excluding carboxylic acids is 1. The predicted molar refractivity (Wildman–Crippen MR) is 136 cm³/mol. The van der Waals surface area contributed by atoms with Gasteiger partial charge in [-0.05, 0) is 36.8 Å². The van der Waals surface area contributed by atoms with Crippen LogP contribution in [0, 0.1) is 5.82 Å². The van der Waals surface area contributed by atoms with Crippen LogP contribution in [0.3, 0.4) is 0 Å². The van der Waals surface area contributed by atoms with Crippen molar-refractivity contribution < 1.29 is 41.0 Å². The van der Waals surface area contributed by atoms with E-state index in [0.717, 1.165) is 6.07 Å². The fourth-order valence-electron chi connectivity index (χ4n) is 4.23. The zero-order valence-electron chi connectivity index (χ0n) is 21.3. The van der Waals surface area contributed by atoms with E-state index in [4.69, 9.17) is 24.4 Å². The minimum atomic E-state index is -4.72. The quantitative estimate of drug-likeness (QED) is 0.183. The molecule has 0 aliphatic carbocycles. The number of ether oxygens (including phenoxy) is 3. The first-order valence-corrected chi connectivity index (χ1v) is 12.1. The standard InChI is InChI=1S/C29H27F4NO5/c1-17(15-36-2)38-26(35)13-19-6-3-4-9-24(19)37-16-18-10-21-12-25(29(31,32)33)39-28(21)23(11-18)22-8-5-7-20(14-34)27(22)30/h3-12,17H,13-16,34H2,1-2H3. The molecule has 3 aromatic carbocycles. The molecule has 4 aromatic rings. The maximum absolute atomic E-state index is 15.2. The molecular formula is C29H27F4NO5. The number of methoxy groups -OCH3 is 1. The van der Waals surface area contributed by atoms with E-state index in [2.05, 4.69) is 0 Å². The molecule has 1 atom stereocenters. The Hall–Kier alpha value is -3.89. The zero-order valence-corrected chi connectivity index (χ0v) is 21.3. The van der Waals surface area contributed by atoms with Gasteiger partial charge in [-0.1, -0.05) is 36.4 Å². The first-order chi connectivity index (χ1) is 18.6. The van der Waals surface area contributed by atoms with Crippen molar-refractivity contribution in [2.45, 2.75) is 38.8 Å². The average molecular weight is 546 g/mol. The lowest BCUT2D eigenvalue weighted by atomic mass is 9.98. The fourth-order valence-corrected chi connectivity index (χ4v) is 4.23. The van der Waals surface area contributed by atoms with Crippen LogP contribution >= 0.6 is 0 Å². The van der Waals surface area contributed by atoms with Crippen molar-refractivity contribution in [1.29, 1.82) is 0 Å². The van der Waals surface area contributed by atoms with Crippen molar-refractivity contribution in [2.75, 3.05) is 13.7 Å². The molecule has 0 bridgehead atoms. The summed E-state index contributed by atoms with van der Waals surface area (Å²) >= 11 is 0. The van der Waals surface area contributed by atoms with E-state index in [-0.39, 0.29) is 53.8 Å². The SMILES string of the molecule is COCC(C)OC(=O)Cc1ccccc1OCc1cc(-c2cccc(CN)c2F)c2oc(C(F)(F)F)cc2c1. The monoisotopic (exact) mass is 545 g/mol. The van der Waals surface area contributed by atoms with Gasteiger partial charge in [-0.15, -0.1) is 0 Å². The van der Waals surface area contributed by atoms with Crippen molar-refractivity contribution >= 4 is 16.9 Å². The molecule has 0 saturated carbocycles. The molecule has 0 aliphatic rings. The van der Waals surface area contributed by atoms with E-state index >= 15 is 4.39 Å². The normalized spacial score (nSPS) is 12.5. The van der Waals surface area contributed by atoms with Crippen molar-refractivity contribution in [3.63, 3.8) is 0 Å². The Balaban J connectivity index is 1.66. The van der Waals surface area contributed by atoms with E-state index in [0.29, 0.717) is 16.9 Å². The molecule has 1 unspecified atom stereocenters. The van der Waals surface area contributed by atoms with Crippen LogP contribution in [0.15, 0.2) is 65.1 Å². The van der Waals surface area contributed by atoms with Gasteiger partial charge in [-0.2, -0.15) is 13.2 Å². The van der Waals surface area contributed by atoms with Gasteiger partial charge < -0.3 is 24.4 Å². The maximum Gasteiger partial charge on any atom is 0.449 e. The van der Waals surface area contributed by atoms with Gasteiger partial charge in [0.25, 0.3) is 0 Å². The zero-order chi connectivity index (χ0) is 28.2. The molecule has 206 valence electrons. The molecule has 39 heavy (non-hydrogen) atoms. The molecule has 1 aromatic heterocycles. The van der Waals surface area contributed by atoms with Gasteiger partial charge in [-0.3, -0.25) is 4.79 Å². The summed E-state index contributed by atoms with van der Waals surface area (Å²) in [5.41, 5.74) is 6.97. The van der Waals surface area contributed by atoms with Gasteiger partial charge in [0.15, 0.2) is 0 Å². The molecule has 0 spiro atoms. The average Bonchev–Trinajstić information content (AvgIpc) is 3.33. The number of halogens is 4. The second-order valence-electron chi connectivity index (χ2n) is 8.98. The minimum Gasteiger partial charge on any atom is -0.489 e. The third-order valence-corrected chi connectivity index (χ3v) is 5.98. The molecule has 0 saturated heterocycles. The summed E-state index contributed by atoms with van der Waals surface area (Å²) in [7, 11) is 1.51. The fraction of sp³-hybridized carbons (Fsp3) is 0.276. The smallest absolute Gasteiger partial charge is 0.449 e. The van der Waals surface area contributed by atoms with Gasteiger partial charge in [-0.25, -0.2) is 4.39 Å². The molecular weight excluding hydrogens is 518 g/mol.